The van der Waals surface area contributed by atoms with Crippen LogP contribution in [0.15, 0.2) is 72.8 Å². The molecule has 3 aromatic carbocycles. The lowest BCUT2D eigenvalue weighted by molar-refractivity contribution is 0.102. The zero-order valence-corrected chi connectivity index (χ0v) is 17.4. The Kier molecular flexibility index (Phi) is 6.99. The molecule has 0 saturated carbocycles. The zero-order valence-electron chi connectivity index (χ0n) is 17.4. The monoisotopic (exact) mass is 400 g/mol. The van der Waals surface area contributed by atoms with Gasteiger partial charge < -0.3 is 21.8 Å². The Balaban J connectivity index is 1.76. The first-order chi connectivity index (χ1) is 14.5. The molecule has 1 amide bonds. The molecule has 0 aliphatic rings. The van der Waals surface area contributed by atoms with Gasteiger partial charge >= 0.3 is 0 Å². The van der Waals surface area contributed by atoms with Crippen molar-refractivity contribution < 1.29 is 4.79 Å². The van der Waals surface area contributed by atoms with Crippen LogP contribution in [0.2, 0.25) is 0 Å². The maximum Gasteiger partial charge on any atom is 0.255 e. The molecule has 5 heteroatoms. The van der Waals surface area contributed by atoms with Gasteiger partial charge in [-0.1, -0.05) is 55.5 Å². The highest BCUT2D eigenvalue weighted by Gasteiger charge is 2.12. The smallest absolute Gasteiger partial charge is 0.255 e. The maximum absolute atomic E-state index is 12.8. The van der Waals surface area contributed by atoms with Crippen LogP contribution in [-0.4, -0.2) is 24.2 Å². The lowest BCUT2D eigenvalue weighted by Crippen LogP contribution is -2.28. The number of carbonyl (C=O) groups is 1. The van der Waals surface area contributed by atoms with Crippen molar-refractivity contribution in [3.63, 3.8) is 0 Å². The molecule has 0 unspecified atom stereocenters. The first-order valence-electron chi connectivity index (χ1n) is 10.2. The minimum absolute atomic E-state index is 0.211. The molecular weight excluding hydrogens is 372 g/mol. The van der Waals surface area contributed by atoms with E-state index >= 15 is 0 Å². The first-order valence-corrected chi connectivity index (χ1v) is 10.2. The number of nitrogens with one attached hydrogen (secondary N) is 3. The summed E-state index contributed by atoms with van der Waals surface area (Å²) in [6.45, 7) is 5.00. The van der Waals surface area contributed by atoms with E-state index in [4.69, 9.17) is 11.1 Å². The van der Waals surface area contributed by atoms with Gasteiger partial charge in [0.1, 0.15) is 0 Å². The number of rotatable bonds is 8. The quantitative estimate of drug-likeness (QED) is 0.319. The fourth-order valence-electron chi connectivity index (χ4n) is 3.40. The minimum atomic E-state index is -0.211. The Labute approximate surface area is 177 Å². The molecule has 5 N–H and O–H groups in total. The molecule has 3 aromatic rings. The lowest BCUT2D eigenvalue weighted by Gasteiger charge is -2.14. The average Bonchev–Trinajstić information content (AvgIpc) is 2.74. The topological polar surface area (TPSA) is 91.0 Å². The molecule has 0 aliphatic carbocycles. The van der Waals surface area contributed by atoms with Gasteiger partial charge in [-0.05, 0) is 48.9 Å². The number of amides is 1. The summed E-state index contributed by atoms with van der Waals surface area (Å²) >= 11 is 0. The second kappa shape index (κ2) is 9.85. The third kappa shape index (κ3) is 5.33. The van der Waals surface area contributed by atoms with Gasteiger partial charge in [0.05, 0.1) is 5.69 Å². The molecule has 0 fully saturated rings. The third-order valence-corrected chi connectivity index (χ3v) is 4.94. The van der Waals surface area contributed by atoms with Crippen LogP contribution in [0.4, 0.5) is 11.4 Å². The van der Waals surface area contributed by atoms with Gasteiger partial charge in [0.25, 0.3) is 5.91 Å². The fourth-order valence-corrected chi connectivity index (χ4v) is 3.40. The molecule has 30 heavy (non-hydrogen) atoms. The molecule has 0 aliphatic heterocycles. The largest absolute Gasteiger partial charge is 0.399 e. The van der Waals surface area contributed by atoms with Crippen LogP contribution in [0.5, 0.6) is 0 Å². The van der Waals surface area contributed by atoms with Crippen molar-refractivity contribution in [1.82, 2.24) is 5.32 Å². The Morgan fingerprint density at radius 1 is 1.00 bits per heavy atom. The first kappa shape index (κ1) is 21.3. The summed E-state index contributed by atoms with van der Waals surface area (Å²) < 4.78 is 0. The number of carbonyl (C=O) groups excluding carboxylic acids is 1. The molecule has 154 valence electrons. The van der Waals surface area contributed by atoms with E-state index in [0.717, 1.165) is 23.2 Å². The molecule has 0 radical (unpaired) electrons. The van der Waals surface area contributed by atoms with E-state index in [0.29, 0.717) is 29.1 Å². The van der Waals surface area contributed by atoms with Crippen molar-refractivity contribution in [3.05, 3.63) is 83.9 Å². The fraction of sp³-hybridized carbons (Fsp3) is 0.200. The van der Waals surface area contributed by atoms with Crippen LogP contribution >= 0.6 is 0 Å². The summed E-state index contributed by atoms with van der Waals surface area (Å²) in [6.07, 6.45) is 0.642. The van der Waals surface area contributed by atoms with Crippen molar-refractivity contribution in [1.29, 1.82) is 5.41 Å². The van der Waals surface area contributed by atoms with E-state index in [-0.39, 0.29) is 11.9 Å². The molecule has 0 heterocycles. The number of nitrogens with two attached hydrogens (primary N) is 1. The standard InChI is InChI=1S/C25H28N4O/c1-3-28-17(2)15-23(27)19-9-11-20(12-10-19)25(30)29-24-16-21(26)13-14-22(24)18-7-5-4-6-8-18/h4-14,16-17,27-28H,3,15,26H2,1-2H3,(H,29,30)/t17-/m0/s1. The molecule has 0 aromatic heterocycles. The lowest BCUT2D eigenvalue weighted by atomic mass is 10.0. The average molecular weight is 401 g/mol. The number of hydrogen-bond donors (Lipinski definition) is 4. The Hall–Kier alpha value is -3.44. The van der Waals surface area contributed by atoms with Gasteiger partial charge in [0.15, 0.2) is 0 Å². The van der Waals surface area contributed by atoms with E-state index in [1.807, 2.05) is 54.6 Å². The van der Waals surface area contributed by atoms with Gasteiger partial charge in [-0.15, -0.1) is 0 Å². The molecule has 0 bridgehead atoms. The normalized spacial score (nSPS) is 11.7. The molecule has 0 spiro atoms. The molecule has 3 rings (SSSR count). The van der Waals surface area contributed by atoms with Gasteiger partial charge in [-0.25, -0.2) is 0 Å². The van der Waals surface area contributed by atoms with Crippen molar-refractivity contribution >= 4 is 23.0 Å². The molecule has 1 atom stereocenters. The van der Waals surface area contributed by atoms with Crippen LogP contribution < -0.4 is 16.4 Å². The molecular formula is C25H28N4O. The van der Waals surface area contributed by atoms with Crippen molar-refractivity contribution in [2.45, 2.75) is 26.3 Å². The third-order valence-electron chi connectivity index (χ3n) is 4.94. The summed E-state index contributed by atoms with van der Waals surface area (Å²) in [5, 5.41) is 14.6. The van der Waals surface area contributed by atoms with Crippen LogP contribution in [-0.2, 0) is 0 Å². The van der Waals surface area contributed by atoms with Gasteiger partial charge in [-0.2, -0.15) is 0 Å². The predicted octanol–water partition coefficient (Wildman–Crippen LogP) is 4.94. The minimum Gasteiger partial charge on any atom is -0.399 e. The van der Waals surface area contributed by atoms with E-state index in [1.165, 1.54) is 0 Å². The highest BCUT2D eigenvalue weighted by Crippen LogP contribution is 2.30. The predicted molar refractivity (Wildman–Crippen MR) is 125 cm³/mol. The van der Waals surface area contributed by atoms with Crippen molar-refractivity contribution in [2.24, 2.45) is 0 Å². The summed E-state index contributed by atoms with van der Waals surface area (Å²) in [7, 11) is 0. The van der Waals surface area contributed by atoms with Crippen LogP contribution in [0.3, 0.4) is 0 Å². The Morgan fingerprint density at radius 3 is 2.33 bits per heavy atom. The van der Waals surface area contributed by atoms with Crippen LogP contribution in [0.25, 0.3) is 11.1 Å². The number of anilines is 2. The summed E-state index contributed by atoms with van der Waals surface area (Å²) in [6, 6.07) is 22.8. The van der Waals surface area contributed by atoms with E-state index < -0.39 is 0 Å². The van der Waals surface area contributed by atoms with Gasteiger partial charge in [0.2, 0.25) is 0 Å². The number of nitrogen functional groups attached to an aromatic ring is 1. The Morgan fingerprint density at radius 2 is 1.67 bits per heavy atom. The SMILES string of the molecule is CCN[C@@H](C)CC(=N)c1ccc(C(=O)Nc2cc(N)ccc2-c2ccccc2)cc1. The second-order valence-electron chi connectivity index (χ2n) is 7.34. The number of hydrogen-bond acceptors (Lipinski definition) is 4. The summed E-state index contributed by atoms with van der Waals surface area (Å²) in [4.78, 5) is 12.8. The molecule has 0 saturated heterocycles. The highest BCUT2D eigenvalue weighted by molar-refractivity contribution is 6.07. The van der Waals surface area contributed by atoms with E-state index in [1.54, 1.807) is 18.2 Å². The highest BCUT2D eigenvalue weighted by atomic mass is 16.1. The zero-order chi connectivity index (χ0) is 21.5. The van der Waals surface area contributed by atoms with Crippen LogP contribution in [0, 0.1) is 5.41 Å². The van der Waals surface area contributed by atoms with Crippen LogP contribution in [0.1, 0.15) is 36.2 Å². The summed E-state index contributed by atoms with van der Waals surface area (Å²) in [5.41, 5.74) is 11.0. The van der Waals surface area contributed by atoms with Gasteiger partial charge in [0, 0.05) is 35.0 Å². The van der Waals surface area contributed by atoms with E-state index in [9.17, 15) is 4.79 Å². The van der Waals surface area contributed by atoms with Crippen molar-refractivity contribution in [3.8, 4) is 11.1 Å². The second-order valence-corrected chi connectivity index (χ2v) is 7.34. The molecule has 5 nitrogen and oxygen atoms in total. The van der Waals surface area contributed by atoms with E-state index in [2.05, 4.69) is 24.5 Å². The van der Waals surface area contributed by atoms with Crippen molar-refractivity contribution in [2.75, 3.05) is 17.6 Å². The number of benzene rings is 3. The summed E-state index contributed by atoms with van der Waals surface area (Å²) in [5.74, 6) is -0.211. The Bertz CT molecular complexity index is 1010. The van der Waals surface area contributed by atoms with Gasteiger partial charge in [-0.3, -0.25) is 4.79 Å². The maximum atomic E-state index is 12.8.